The van der Waals surface area contributed by atoms with Gasteiger partial charge in [0, 0.05) is 29.3 Å². The van der Waals surface area contributed by atoms with Crippen LogP contribution in [0.1, 0.15) is 50.2 Å². The number of aromatic nitrogens is 4. The van der Waals surface area contributed by atoms with Crippen molar-refractivity contribution in [3.05, 3.63) is 63.2 Å². The fraction of sp³-hybridized carbons (Fsp3) is 0.417. The molecular weight excluding hydrogens is 420 g/mol. The zero-order valence-electron chi connectivity index (χ0n) is 20.1. The van der Waals surface area contributed by atoms with Gasteiger partial charge in [-0.1, -0.05) is 39.8 Å². The van der Waals surface area contributed by atoms with E-state index >= 15 is 0 Å². The number of urea groups is 1. The Morgan fingerprint density at radius 1 is 1.21 bits per heavy atom. The minimum absolute atomic E-state index is 0.206. The van der Waals surface area contributed by atoms with E-state index in [1.54, 1.807) is 20.1 Å². The first-order chi connectivity index (χ1) is 15.6. The number of methoxy groups -OCH3 is 1. The van der Waals surface area contributed by atoms with Crippen molar-refractivity contribution in [3.63, 3.8) is 0 Å². The van der Waals surface area contributed by atoms with Gasteiger partial charge < -0.3 is 10.1 Å². The van der Waals surface area contributed by atoms with Gasteiger partial charge in [0.25, 0.3) is 5.56 Å². The van der Waals surface area contributed by atoms with Crippen molar-refractivity contribution in [2.75, 3.05) is 19.0 Å². The molecule has 0 fully saturated rings. The van der Waals surface area contributed by atoms with Crippen molar-refractivity contribution in [1.82, 2.24) is 25.1 Å². The molecule has 1 aromatic carbocycles. The average molecular weight is 453 g/mol. The zero-order valence-corrected chi connectivity index (χ0v) is 20.1. The van der Waals surface area contributed by atoms with Gasteiger partial charge in [0.1, 0.15) is 11.6 Å². The molecule has 9 nitrogen and oxygen atoms in total. The van der Waals surface area contributed by atoms with Crippen molar-refractivity contribution in [1.29, 1.82) is 0 Å². The van der Waals surface area contributed by atoms with Gasteiger partial charge in [0.2, 0.25) is 5.95 Å². The standard InChI is InChI=1S/C24H32N6O3/c1-7-18-15(2)26-22(28-21(18)31)30-20(14-19(29-30)24(3,4)5)27-23(32)25-13-12-16-8-10-17(33-6)11-9-16/h8-11,14H,7,12-13H2,1-6H3,(H2,25,27,32)(H,26,28,31). The Kier molecular flexibility index (Phi) is 7.20. The number of anilines is 1. The maximum absolute atomic E-state index is 12.6. The fourth-order valence-electron chi connectivity index (χ4n) is 3.38. The minimum atomic E-state index is -0.366. The van der Waals surface area contributed by atoms with E-state index < -0.39 is 0 Å². The topological polar surface area (TPSA) is 114 Å². The number of aromatic amines is 1. The third-order valence-electron chi connectivity index (χ3n) is 5.34. The number of nitrogens with one attached hydrogen (secondary N) is 3. The van der Waals surface area contributed by atoms with Crippen molar-refractivity contribution in [2.24, 2.45) is 0 Å². The van der Waals surface area contributed by atoms with Gasteiger partial charge in [-0.3, -0.25) is 15.1 Å². The molecule has 0 unspecified atom stereocenters. The summed E-state index contributed by atoms with van der Waals surface area (Å²) in [5.74, 6) is 1.48. The van der Waals surface area contributed by atoms with Crippen LogP contribution >= 0.6 is 0 Å². The number of aryl methyl sites for hydroxylation is 1. The van der Waals surface area contributed by atoms with E-state index in [4.69, 9.17) is 4.74 Å². The van der Waals surface area contributed by atoms with Gasteiger partial charge in [-0.2, -0.15) is 9.78 Å². The van der Waals surface area contributed by atoms with Crippen LogP contribution in [0.2, 0.25) is 0 Å². The van der Waals surface area contributed by atoms with Gasteiger partial charge in [-0.05, 0) is 37.5 Å². The lowest BCUT2D eigenvalue weighted by molar-refractivity contribution is 0.252. The molecule has 0 bridgehead atoms. The highest BCUT2D eigenvalue weighted by atomic mass is 16.5. The lowest BCUT2D eigenvalue weighted by Crippen LogP contribution is -2.31. The van der Waals surface area contributed by atoms with E-state index in [-0.39, 0.29) is 23.0 Å². The molecule has 0 aliphatic heterocycles. The van der Waals surface area contributed by atoms with Crippen LogP contribution in [0.3, 0.4) is 0 Å². The number of H-pyrrole nitrogens is 1. The smallest absolute Gasteiger partial charge is 0.320 e. The van der Waals surface area contributed by atoms with Crippen LogP contribution < -0.4 is 20.9 Å². The summed E-state index contributed by atoms with van der Waals surface area (Å²) in [4.78, 5) is 32.4. The average Bonchev–Trinajstić information content (AvgIpc) is 3.18. The molecule has 2 heterocycles. The summed E-state index contributed by atoms with van der Waals surface area (Å²) >= 11 is 0. The van der Waals surface area contributed by atoms with E-state index in [2.05, 4.69) is 25.7 Å². The first-order valence-electron chi connectivity index (χ1n) is 11.0. The highest BCUT2D eigenvalue weighted by Crippen LogP contribution is 2.25. The second-order valence-corrected chi connectivity index (χ2v) is 8.86. The Balaban J connectivity index is 1.78. The van der Waals surface area contributed by atoms with Crippen LogP contribution in [-0.2, 0) is 18.3 Å². The maximum atomic E-state index is 12.6. The number of hydrogen-bond donors (Lipinski definition) is 3. The summed E-state index contributed by atoms with van der Waals surface area (Å²) in [6.07, 6.45) is 1.26. The normalized spacial score (nSPS) is 11.3. The van der Waals surface area contributed by atoms with E-state index in [1.807, 2.05) is 52.0 Å². The first-order valence-corrected chi connectivity index (χ1v) is 11.0. The molecule has 2 amide bonds. The second-order valence-electron chi connectivity index (χ2n) is 8.86. The Labute approximate surface area is 193 Å². The van der Waals surface area contributed by atoms with Gasteiger partial charge in [-0.25, -0.2) is 9.78 Å². The minimum Gasteiger partial charge on any atom is -0.497 e. The second kappa shape index (κ2) is 9.89. The summed E-state index contributed by atoms with van der Waals surface area (Å²) in [5.41, 5.74) is 2.65. The summed E-state index contributed by atoms with van der Waals surface area (Å²) in [7, 11) is 1.63. The number of ether oxygens (including phenoxy) is 1. The summed E-state index contributed by atoms with van der Waals surface area (Å²) in [6.45, 7) is 10.2. The largest absolute Gasteiger partial charge is 0.497 e. The lowest BCUT2D eigenvalue weighted by Gasteiger charge is -2.14. The number of benzene rings is 1. The van der Waals surface area contributed by atoms with Crippen LogP contribution in [0.15, 0.2) is 35.1 Å². The van der Waals surface area contributed by atoms with Gasteiger partial charge in [0.05, 0.1) is 12.8 Å². The Bertz CT molecular complexity index is 1170. The van der Waals surface area contributed by atoms with Crippen molar-refractivity contribution >= 4 is 11.8 Å². The molecule has 0 atom stereocenters. The molecule has 0 spiro atoms. The summed E-state index contributed by atoms with van der Waals surface area (Å²) < 4.78 is 6.63. The molecule has 33 heavy (non-hydrogen) atoms. The molecular formula is C24H32N6O3. The van der Waals surface area contributed by atoms with E-state index in [1.165, 1.54) is 4.68 Å². The third-order valence-corrected chi connectivity index (χ3v) is 5.34. The number of carbonyl (C=O) groups is 1. The van der Waals surface area contributed by atoms with Crippen molar-refractivity contribution in [2.45, 2.75) is 52.9 Å². The number of amides is 2. The highest BCUT2D eigenvalue weighted by Gasteiger charge is 2.23. The summed E-state index contributed by atoms with van der Waals surface area (Å²) in [5, 5.41) is 10.3. The van der Waals surface area contributed by atoms with Crippen LogP contribution in [0.25, 0.3) is 5.95 Å². The molecule has 0 saturated heterocycles. The molecule has 3 N–H and O–H groups in total. The van der Waals surface area contributed by atoms with Crippen LogP contribution in [-0.4, -0.2) is 39.4 Å². The lowest BCUT2D eigenvalue weighted by atomic mass is 9.92. The van der Waals surface area contributed by atoms with E-state index in [0.717, 1.165) is 17.0 Å². The quantitative estimate of drug-likeness (QED) is 0.508. The highest BCUT2D eigenvalue weighted by molar-refractivity contribution is 5.88. The molecule has 176 valence electrons. The molecule has 2 aromatic heterocycles. The molecule has 3 aromatic rings. The molecule has 0 radical (unpaired) electrons. The van der Waals surface area contributed by atoms with Crippen LogP contribution in [0, 0.1) is 6.92 Å². The number of nitrogens with zero attached hydrogens (tertiary/aromatic N) is 3. The first kappa shape index (κ1) is 24.0. The molecule has 0 aliphatic carbocycles. The van der Waals surface area contributed by atoms with E-state index in [0.29, 0.717) is 36.5 Å². The predicted octanol–water partition coefficient (Wildman–Crippen LogP) is 3.50. The molecule has 0 saturated carbocycles. The predicted molar refractivity (Wildman–Crippen MR) is 129 cm³/mol. The number of hydrogen-bond acceptors (Lipinski definition) is 5. The van der Waals surface area contributed by atoms with Gasteiger partial charge >= 0.3 is 6.03 Å². The Morgan fingerprint density at radius 2 is 1.91 bits per heavy atom. The zero-order chi connectivity index (χ0) is 24.2. The molecule has 9 heteroatoms. The Hall–Kier alpha value is -3.62. The third kappa shape index (κ3) is 5.79. The van der Waals surface area contributed by atoms with E-state index in [9.17, 15) is 9.59 Å². The van der Waals surface area contributed by atoms with Gasteiger partial charge in [0.15, 0.2) is 0 Å². The molecule has 3 rings (SSSR count). The Morgan fingerprint density at radius 3 is 2.48 bits per heavy atom. The SMILES string of the molecule is CCc1c(C)nc(-n2nc(C(C)(C)C)cc2NC(=O)NCCc2ccc(OC)cc2)[nH]c1=O. The summed E-state index contributed by atoms with van der Waals surface area (Å²) in [6, 6.07) is 9.14. The van der Waals surface area contributed by atoms with Crippen LogP contribution in [0.4, 0.5) is 10.6 Å². The monoisotopic (exact) mass is 452 g/mol. The van der Waals surface area contributed by atoms with Crippen molar-refractivity contribution in [3.8, 4) is 11.7 Å². The maximum Gasteiger partial charge on any atom is 0.320 e. The van der Waals surface area contributed by atoms with Gasteiger partial charge in [-0.15, -0.1) is 0 Å². The van der Waals surface area contributed by atoms with Crippen molar-refractivity contribution < 1.29 is 9.53 Å². The number of rotatable bonds is 7. The van der Waals surface area contributed by atoms with Crippen LogP contribution in [0.5, 0.6) is 5.75 Å². The fourth-order valence-corrected chi connectivity index (χ4v) is 3.38. The molecule has 0 aliphatic rings. The number of carbonyl (C=O) groups excluding carboxylic acids is 1.